The van der Waals surface area contributed by atoms with Gasteiger partial charge in [0.05, 0.1) is 19.8 Å². The van der Waals surface area contributed by atoms with Crippen molar-refractivity contribution in [3.05, 3.63) is 29.8 Å². The first-order valence-electron chi connectivity index (χ1n) is 8.28. The van der Waals surface area contributed by atoms with Crippen LogP contribution in [0, 0.1) is 0 Å². The molecule has 0 unspecified atom stereocenters. The monoisotopic (exact) mass is 320 g/mol. The Kier molecular flexibility index (Phi) is 7.03. The fourth-order valence-corrected chi connectivity index (χ4v) is 2.54. The second-order valence-electron chi connectivity index (χ2n) is 5.73. The number of carbonyl (C=O) groups is 2. The molecule has 126 valence electrons. The Bertz CT molecular complexity index is 510. The van der Waals surface area contributed by atoms with Crippen LogP contribution in [0.1, 0.15) is 18.9 Å². The van der Waals surface area contributed by atoms with Crippen molar-refractivity contribution in [2.24, 2.45) is 0 Å². The van der Waals surface area contributed by atoms with Crippen molar-refractivity contribution in [3.8, 4) is 0 Å². The van der Waals surface area contributed by atoms with Gasteiger partial charge in [-0.05, 0) is 24.1 Å². The Hall–Kier alpha value is -1.92. The van der Waals surface area contributed by atoms with E-state index < -0.39 is 11.8 Å². The minimum absolute atomic E-state index is 0.519. The maximum Gasteiger partial charge on any atom is 0.313 e. The smallest absolute Gasteiger partial charge is 0.313 e. The first kappa shape index (κ1) is 17.4. The molecule has 0 aromatic heterocycles. The molecule has 2 rings (SSSR count). The minimum atomic E-state index is -0.618. The molecule has 0 radical (unpaired) electrons. The van der Waals surface area contributed by atoms with Crippen molar-refractivity contribution in [2.75, 3.05) is 44.7 Å². The Labute approximate surface area is 137 Å². The van der Waals surface area contributed by atoms with E-state index in [0.29, 0.717) is 12.2 Å². The predicted molar refractivity (Wildman–Crippen MR) is 88.5 cm³/mol. The standard InChI is InChI=1S/C17H25N3O3/c1-2-14-4-6-15(7-5-14)19-17(22)16(21)18-8-3-9-20-10-12-23-13-11-20/h4-7H,2-3,8-13H2,1H3,(H,18,21)(H,19,22)/p+1. The molecular formula is C17H26N3O3+. The van der Waals surface area contributed by atoms with Crippen molar-refractivity contribution < 1.29 is 19.2 Å². The molecule has 0 spiro atoms. The maximum atomic E-state index is 11.8. The van der Waals surface area contributed by atoms with Crippen molar-refractivity contribution >= 4 is 17.5 Å². The Balaban J connectivity index is 1.64. The van der Waals surface area contributed by atoms with Crippen molar-refractivity contribution in [1.29, 1.82) is 0 Å². The number of hydrogen-bond acceptors (Lipinski definition) is 3. The molecule has 0 atom stereocenters. The van der Waals surface area contributed by atoms with Gasteiger partial charge >= 0.3 is 11.8 Å². The van der Waals surface area contributed by atoms with Crippen molar-refractivity contribution in [2.45, 2.75) is 19.8 Å². The molecule has 0 aliphatic carbocycles. The van der Waals surface area contributed by atoms with Crippen molar-refractivity contribution in [3.63, 3.8) is 0 Å². The van der Waals surface area contributed by atoms with Crippen LogP contribution >= 0.6 is 0 Å². The van der Waals surface area contributed by atoms with Gasteiger partial charge in [-0.15, -0.1) is 0 Å². The molecule has 1 aliphatic heterocycles. The van der Waals surface area contributed by atoms with Crippen LogP contribution in [-0.4, -0.2) is 51.2 Å². The first-order chi connectivity index (χ1) is 11.2. The second kappa shape index (κ2) is 9.27. The summed E-state index contributed by atoms with van der Waals surface area (Å²) in [5, 5.41) is 5.28. The van der Waals surface area contributed by atoms with Crippen LogP contribution in [0.2, 0.25) is 0 Å². The van der Waals surface area contributed by atoms with Gasteiger partial charge in [-0.1, -0.05) is 19.1 Å². The van der Waals surface area contributed by atoms with Gasteiger partial charge < -0.3 is 20.3 Å². The van der Waals surface area contributed by atoms with Gasteiger partial charge in [-0.25, -0.2) is 0 Å². The van der Waals surface area contributed by atoms with E-state index in [2.05, 4.69) is 17.6 Å². The fourth-order valence-electron chi connectivity index (χ4n) is 2.54. The summed E-state index contributed by atoms with van der Waals surface area (Å²) in [4.78, 5) is 25.1. The number of morpholine rings is 1. The van der Waals surface area contributed by atoms with E-state index in [-0.39, 0.29) is 0 Å². The maximum absolute atomic E-state index is 11.8. The van der Waals surface area contributed by atoms with Gasteiger partial charge in [-0.3, -0.25) is 9.59 Å². The highest BCUT2D eigenvalue weighted by Crippen LogP contribution is 2.09. The highest BCUT2D eigenvalue weighted by molar-refractivity contribution is 6.39. The highest BCUT2D eigenvalue weighted by atomic mass is 16.5. The van der Waals surface area contributed by atoms with Gasteiger partial charge in [0.2, 0.25) is 0 Å². The first-order valence-corrected chi connectivity index (χ1v) is 8.28. The molecule has 1 heterocycles. The molecule has 6 nitrogen and oxygen atoms in total. The number of carbonyl (C=O) groups excluding carboxylic acids is 2. The van der Waals surface area contributed by atoms with E-state index in [1.165, 1.54) is 10.5 Å². The quantitative estimate of drug-likeness (QED) is 0.494. The number of amides is 2. The van der Waals surface area contributed by atoms with Gasteiger partial charge in [0.25, 0.3) is 0 Å². The SMILES string of the molecule is CCc1ccc(NC(=O)C(=O)NCCC[NH+]2CCOCC2)cc1. The number of benzene rings is 1. The topological polar surface area (TPSA) is 71.9 Å². The molecule has 6 heteroatoms. The third kappa shape index (κ3) is 6.00. The lowest BCUT2D eigenvalue weighted by Gasteiger charge is -2.23. The Morgan fingerprint density at radius 1 is 1.13 bits per heavy atom. The molecule has 1 saturated heterocycles. The molecule has 0 bridgehead atoms. The number of hydrogen-bond donors (Lipinski definition) is 3. The van der Waals surface area contributed by atoms with Crippen LogP contribution in [0.15, 0.2) is 24.3 Å². The molecule has 1 aliphatic rings. The van der Waals surface area contributed by atoms with E-state index in [0.717, 1.165) is 45.7 Å². The van der Waals surface area contributed by atoms with Gasteiger partial charge in [0.1, 0.15) is 13.1 Å². The molecule has 1 fully saturated rings. The summed E-state index contributed by atoms with van der Waals surface area (Å²) in [5.74, 6) is -1.20. The largest absolute Gasteiger partial charge is 0.370 e. The summed E-state index contributed by atoms with van der Waals surface area (Å²) in [6.45, 7) is 7.22. The highest BCUT2D eigenvalue weighted by Gasteiger charge is 2.15. The number of aryl methyl sites for hydroxylation is 1. The lowest BCUT2D eigenvalue weighted by Crippen LogP contribution is -3.14. The number of ether oxygens (including phenoxy) is 1. The van der Waals surface area contributed by atoms with Gasteiger partial charge in [0.15, 0.2) is 0 Å². The van der Waals surface area contributed by atoms with E-state index in [1.807, 2.05) is 24.3 Å². The average Bonchev–Trinajstić information content (AvgIpc) is 2.60. The van der Waals surface area contributed by atoms with Gasteiger partial charge in [-0.2, -0.15) is 0 Å². The van der Waals surface area contributed by atoms with Crippen LogP contribution in [-0.2, 0) is 20.7 Å². The fraction of sp³-hybridized carbons (Fsp3) is 0.529. The third-order valence-electron chi connectivity index (χ3n) is 4.02. The Morgan fingerprint density at radius 3 is 2.48 bits per heavy atom. The van der Waals surface area contributed by atoms with E-state index >= 15 is 0 Å². The summed E-state index contributed by atoms with van der Waals surface area (Å²) in [5.41, 5.74) is 1.83. The van der Waals surface area contributed by atoms with Crippen LogP contribution in [0.3, 0.4) is 0 Å². The summed E-state index contributed by atoms with van der Waals surface area (Å²) in [6, 6.07) is 7.51. The van der Waals surface area contributed by atoms with Crippen LogP contribution < -0.4 is 15.5 Å². The minimum Gasteiger partial charge on any atom is -0.370 e. The van der Waals surface area contributed by atoms with Crippen molar-refractivity contribution in [1.82, 2.24) is 5.32 Å². The van der Waals surface area contributed by atoms with Crippen LogP contribution in [0.5, 0.6) is 0 Å². The molecule has 3 N–H and O–H groups in total. The van der Waals surface area contributed by atoms with E-state index in [9.17, 15) is 9.59 Å². The Morgan fingerprint density at radius 2 is 1.83 bits per heavy atom. The van der Waals surface area contributed by atoms with E-state index in [4.69, 9.17) is 4.74 Å². The molecule has 1 aromatic rings. The number of nitrogens with one attached hydrogen (secondary N) is 3. The molecule has 23 heavy (non-hydrogen) atoms. The molecule has 1 aromatic carbocycles. The summed E-state index contributed by atoms with van der Waals surface area (Å²) < 4.78 is 5.30. The van der Waals surface area contributed by atoms with Crippen LogP contribution in [0.25, 0.3) is 0 Å². The average molecular weight is 320 g/mol. The predicted octanol–water partition coefficient (Wildman–Crippen LogP) is -0.391. The number of anilines is 1. The summed E-state index contributed by atoms with van der Waals surface area (Å²) >= 11 is 0. The zero-order valence-electron chi connectivity index (χ0n) is 13.7. The molecular weight excluding hydrogens is 294 g/mol. The second-order valence-corrected chi connectivity index (χ2v) is 5.73. The lowest BCUT2D eigenvalue weighted by atomic mass is 10.1. The van der Waals surface area contributed by atoms with Crippen LogP contribution in [0.4, 0.5) is 5.69 Å². The zero-order valence-corrected chi connectivity index (χ0v) is 13.7. The molecule has 0 saturated carbocycles. The van der Waals surface area contributed by atoms with E-state index in [1.54, 1.807) is 0 Å². The third-order valence-corrected chi connectivity index (χ3v) is 4.02. The summed E-state index contributed by atoms with van der Waals surface area (Å²) in [6.07, 6.45) is 1.80. The normalized spacial score (nSPS) is 15.2. The summed E-state index contributed by atoms with van der Waals surface area (Å²) in [7, 11) is 0. The number of rotatable bonds is 6. The molecule has 2 amide bonds. The lowest BCUT2D eigenvalue weighted by molar-refractivity contribution is -0.908. The number of quaternary nitrogens is 1. The van der Waals surface area contributed by atoms with Gasteiger partial charge in [0, 0.05) is 18.7 Å². The zero-order chi connectivity index (χ0) is 16.5.